The van der Waals surface area contributed by atoms with Crippen molar-refractivity contribution in [3.05, 3.63) is 0 Å². The minimum absolute atomic E-state index is 0.239. The topological polar surface area (TPSA) is 32.3 Å². The second kappa shape index (κ2) is 7.49. The molecule has 1 aliphatic carbocycles. The second-order valence-electron chi connectivity index (χ2n) is 7.10. The first-order valence-electron chi connectivity index (χ1n) is 7.84. The summed E-state index contributed by atoms with van der Waals surface area (Å²) in [7, 11) is 0. The van der Waals surface area contributed by atoms with Gasteiger partial charge in [-0.1, -0.05) is 40.5 Å². The molecule has 0 spiro atoms. The van der Waals surface area contributed by atoms with Crippen LogP contribution in [0.5, 0.6) is 0 Å². The Morgan fingerprint density at radius 3 is 2.22 bits per heavy atom. The Bertz CT molecular complexity index is 214. The molecule has 0 amide bonds. The van der Waals surface area contributed by atoms with Crippen molar-refractivity contribution in [1.82, 2.24) is 5.32 Å². The van der Waals surface area contributed by atoms with Crippen LogP contribution in [0.3, 0.4) is 0 Å². The smallest absolute Gasteiger partial charge is 0.0446 e. The van der Waals surface area contributed by atoms with Crippen molar-refractivity contribution < 1.29 is 5.11 Å². The van der Waals surface area contributed by atoms with Crippen LogP contribution in [-0.2, 0) is 0 Å². The highest BCUT2D eigenvalue weighted by Crippen LogP contribution is 2.30. The molecule has 0 heterocycles. The van der Waals surface area contributed by atoms with Gasteiger partial charge in [-0.15, -0.1) is 0 Å². The zero-order valence-corrected chi connectivity index (χ0v) is 12.8. The minimum atomic E-state index is 0.239. The quantitative estimate of drug-likeness (QED) is 0.758. The Morgan fingerprint density at radius 1 is 1.17 bits per heavy atom. The van der Waals surface area contributed by atoms with E-state index in [1.54, 1.807) is 0 Å². The number of aliphatic hydroxyl groups excluding tert-OH is 1. The molecule has 1 atom stereocenters. The van der Waals surface area contributed by atoms with Gasteiger partial charge in [0.15, 0.2) is 0 Å². The van der Waals surface area contributed by atoms with E-state index >= 15 is 0 Å². The van der Waals surface area contributed by atoms with E-state index in [9.17, 15) is 5.11 Å². The Hall–Kier alpha value is -0.0800. The maximum atomic E-state index is 9.20. The maximum Gasteiger partial charge on any atom is 0.0446 e. The SMILES string of the molecule is CCCC1CCC(NC(CCO)C(C)(C)C)CC1. The van der Waals surface area contributed by atoms with Crippen molar-refractivity contribution in [2.75, 3.05) is 6.61 Å². The van der Waals surface area contributed by atoms with Crippen LogP contribution in [0.15, 0.2) is 0 Å². The summed E-state index contributed by atoms with van der Waals surface area (Å²) in [6.07, 6.45) is 9.04. The average Bonchev–Trinajstić information content (AvgIpc) is 2.30. The van der Waals surface area contributed by atoms with Crippen LogP contribution in [0.25, 0.3) is 0 Å². The summed E-state index contributed by atoms with van der Waals surface area (Å²) in [6, 6.07) is 1.11. The molecule has 0 aromatic carbocycles. The minimum Gasteiger partial charge on any atom is -0.396 e. The highest BCUT2D eigenvalue weighted by molar-refractivity contribution is 4.86. The molecule has 0 bridgehead atoms. The average molecular weight is 255 g/mol. The monoisotopic (exact) mass is 255 g/mol. The Balaban J connectivity index is 2.38. The molecule has 2 heteroatoms. The van der Waals surface area contributed by atoms with E-state index in [1.807, 2.05) is 0 Å². The first-order chi connectivity index (χ1) is 8.47. The normalized spacial score (nSPS) is 27.2. The van der Waals surface area contributed by atoms with E-state index in [0.717, 1.165) is 12.3 Å². The summed E-state index contributed by atoms with van der Waals surface area (Å²) in [5.74, 6) is 0.971. The van der Waals surface area contributed by atoms with E-state index < -0.39 is 0 Å². The molecule has 1 fully saturated rings. The van der Waals surface area contributed by atoms with Crippen LogP contribution in [0.2, 0.25) is 0 Å². The Morgan fingerprint density at radius 2 is 1.78 bits per heavy atom. The van der Waals surface area contributed by atoms with Gasteiger partial charge in [0.2, 0.25) is 0 Å². The standard InChI is InChI=1S/C16H33NO/c1-5-6-13-7-9-14(10-8-13)17-15(11-12-18)16(2,3)4/h13-15,17-18H,5-12H2,1-4H3. The van der Waals surface area contributed by atoms with Crippen LogP contribution in [0.4, 0.5) is 0 Å². The van der Waals surface area contributed by atoms with E-state index in [2.05, 4.69) is 33.0 Å². The molecule has 0 saturated heterocycles. The number of hydrogen-bond acceptors (Lipinski definition) is 2. The summed E-state index contributed by atoms with van der Waals surface area (Å²) in [4.78, 5) is 0. The highest BCUT2D eigenvalue weighted by atomic mass is 16.3. The number of nitrogens with one attached hydrogen (secondary N) is 1. The van der Waals surface area contributed by atoms with Gasteiger partial charge >= 0.3 is 0 Å². The van der Waals surface area contributed by atoms with Gasteiger partial charge in [0, 0.05) is 18.7 Å². The molecule has 0 radical (unpaired) electrons. The molecule has 0 aromatic heterocycles. The van der Waals surface area contributed by atoms with Crippen molar-refractivity contribution >= 4 is 0 Å². The van der Waals surface area contributed by atoms with Crippen molar-refractivity contribution in [2.24, 2.45) is 11.3 Å². The largest absolute Gasteiger partial charge is 0.396 e. The third kappa shape index (κ3) is 5.27. The summed E-state index contributed by atoms with van der Waals surface area (Å²) in [6.45, 7) is 9.39. The van der Waals surface area contributed by atoms with Crippen LogP contribution >= 0.6 is 0 Å². The highest BCUT2D eigenvalue weighted by Gasteiger charge is 2.28. The van der Waals surface area contributed by atoms with Crippen molar-refractivity contribution in [3.8, 4) is 0 Å². The van der Waals surface area contributed by atoms with E-state index in [-0.39, 0.29) is 5.41 Å². The number of aliphatic hydroxyl groups is 1. The van der Waals surface area contributed by atoms with Crippen LogP contribution in [-0.4, -0.2) is 23.8 Å². The summed E-state index contributed by atoms with van der Waals surface area (Å²) < 4.78 is 0. The molecule has 1 saturated carbocycles. The van der Waals surface area contributed by atoms with E-state index in [4.69, 9.17) is 0 Å². The van der Waals surface area contributed by atoms with Gasteiger partial charge in [-0.05, 0) is 43.4 Å². The predicted molar refractivity (Wildman–Crippen MR) is 78.7 cm³/mol. The lowest BCUT2D eigenvalue weighted by molar-refractivity contribution is 0.166. The molecule has 18 heavy (non-hydrogen) atoms. The van der Waals surface area contributed by atoms with Gasteiger partial charge in [0.1, 0.15) is 0 Å². The zero-order chi connectivity index (χ0) is 13.6. The van der Waals surface area contributed by atoms with Crippen LogP contribution in [0, 0.1) is 11.3 Å². The van der Waals surface area contributed by atoms with E-state index in [0.29, 0.717) is 18.7 Å². The predicted octanol–water partition coefficient (Wildman–Crippen LogP) is 3.73. The Labute approximate surface area is 114 Å². The fourth-order valence-electron chi connectivity index (χ4n) is 3.21. The van der Waals surface area contributed by atoms with E-state index in [1.165, 1.54) is 38.5 Å². The van der Waals surface area contributed by atoms with Gasteiger partial charge in [-0.3, -0.25) is 0 Å². The lowest BCUT2D eigenvalue weighted by Crippen LogP contribution is -2.47. The van der Waals surface area contributed by atoms with Crippen LogP contribution < -0.4 is 5.32 Å². The lowest BCUT2D eigenvalue weighted by atomic mass is 9.80. The Kier molecular flexibility index (Phi) is 6.65. The first kappa shape index (κ1) is 16.0. The molecule has 108 valence electrons. The number of hydrogen-bond donors (Lipinski definition) is 2. The van der Waals surface area contributed by atoms with Gasteiger partial charge in [0.25, 0.3) is 0 Å². The first-order valence-corrected chi connectivity index (χ1v) is 7.84. The van der Waals surface area contributed by atoms with Crippen LogP contribution in [0.1, 0.15) is 72.6 Å². The van der Waals surface area contributed by atoms with Crippen molar-refractivity contribution in [2.45, 2.75) is 84.7 Å². The lowest BCUT2D eigenvalue weighted by Gasteiger charge is -2.37. The molecule has 2 N–H and O–H groups in total. The summed E-state index contributed by atoms with van der Waals surface area (Å²) >= 11 is 0. The molecule has 2 nitrogen and oxygen atoms in total. The zero-order valence-electron chi connectivity index (χ0n) is 12.8. The van der Waals surface area contributed by atoms with Crippen molar-refractivity contribution in [3.63, 3.8) is 0 Å². The van der Waals surface area contributed by atoms with Gasteiger partial charge in [-0.2, -0.15) is 0 Å². The fourth-order valence-corrected chi connectivity index (χ4v) is 3.21. The van der Waals surface area contributed by atoms with Gasteiger partial charge in [0.05, 0.1) is 0 Å². The van der Waals surface area contributed by atoms with Gasteiger partial charge in [-0.25, -0.2) is 0 Å². The molecular formula is C16H33NO. The fraction of sp³-hybridized carbons (Fsp3) is 1.00. The maximum absolute atomic E-state index is 9.20. The molecule has 0 aromatic rings. The summed E-state index contributed by atoms with van der Waals surface area (Å²) in [5, 5.41) is 13.0. The summed E-state index contributed by atoms with van der Waals surface area (Å²) in [5.41, 5.74) is 0.239. The molecule has 1 aliphatic rings. The van der Waals surface area contributed by atoms with Gasteiger partial charge < -0.3 is 10.4 Å². The molecular weight excluding hydrogens is 222 g/mol. The third-order valence-corrected chi connectivity index (χ3v) is 4.44. The second-order valence-corrected chi connectivity index (χ2v) is 7.10. The third-order valence-electron chi connectivity index (χ3n) is 4.44. The molecule has 1 rings (SSSR count). The number of rotatable bonds is 6. The van der Waals surface area contributed by atoms with Crippen molar-refractivity contribution in [1.29, 1.82) is 0 Å². The molecule has 0 aliphatic heterocycles. The molecule has 1 unspecified atom stereocenters.